The first-order chi connectivity index (χ1) is 6.83. The Morgan fingerprint density at radius 3 is 1.33 bits per heavy atom. The van der Waals surface area contributed by atoms with Crippen molar-refractivity contribution in [3.8, 4) is 0 Å². The molecule has 0 amide bonds. The van der Waals surface area contributed by atoms with Crippen LogP contribution >= 0.6 is 0 Å². The third-order valence-corrected chi connectivity index (χ3v) is 2.82. The first-order valence-electron chi connectivity index (χ1n) is 6.53. The molecule has 0 aliphatic rings. The Bertz CT molecular complexity index is 141. The molecule has 0 saturated carbocycles. The molecule has 1 heteroatoms. The minimum absolute atomic E-state index is 0.0350. The van der Waals surface area contributed by atoms with E-state index in [4.69, 9.17) is 4.74 Å². The lowest BCUT2D eigenvalue weighted by molar-refractivity contribution is -0.130. The van der Waals surface area contributed by atoms with Gasteiger partial charge in [0.15, 0.2) is 0 Å². The van der Waals surface area contributed by atoms with Gasteiger partial charge in [-0.3, -0.25) is 0 Å². The Kier molecular flexibility index (Phi) is 6.51. The standard InChI is InChI=1S/C14H30O/c1-7-9-11-13(3,4)15-14(5,6)12-10-8-2/h7-12H2,1-6H3. The molecule has 0 atom stereocenters. The van der Waals surface area contributed by atoms with Crippen LogP contribution in [0, 0.1) is 0 Å². The van der Waals surface area contributed by atoms with Gasteiger partial charge < -0.3 is 4.74 Å². The van der Waals surface area contributed by atoms with E-state index in [0.717, 1.165) is 0 Å². The van der Waals surface area contributed by atoms with E-state index in [2.05, 4.69) is 41.5 Å². The topological polar surface area (TPSA) is 9.23 Å². The lowest BCUT2D eigenvalue weighted by Gasteiger charge is -2.36. The minimum atomic E-state index is 0.0350. The first kappa shape index (κ1) is 15.0. The zero-order chi connectivity index (χ0) is 11.9. The van der Waals surface area contributed by atoms with Crippen molar-refractivity contribution in [2.45, 2.75) is 91.3 Å². The number of hydrogen-bond acceptors (Lipinski definition) is 1. The molecule has 0 heterocycles. The van der Waals surface area contributed by atoms with Crippen LogP contribution in [0.1, 0.15) is 80.1 Å². The highest BCUT2D eigenvalue weighted by molar-refractivity contribution is 4.77. The summed E-state index contributed by atoms with van der Waals surface area (Å²) in [5.41, 5.74) is 0.0699. The van der Waals surface area contributed by atoms with Crippen LogP contribution in [-0.4, -0.2) is 11.2 Å². The van der Waals surface area contributed by atoms with Gasteiger partial charge in [0, 0.05) is 0 Å². The molecular formula is C14H30O. The van der Waals surface area contributed by atoms with E-state index < -0.39 is 0 Å². The third kappa shape index (κ3) is 7.84. The van der Waals surface area contributed by atoms with Gasteiger partial charge in [-0.2, -0.15) is 0 Å². The van der Waals surface area contributed by atoms with Gasteiger partial charge in [0.25, 0.3) is 0 Å². The molecule has 0 aromatic carbocycles. The second kappa shape index (κ2) is 6.52. The van der Waals surface area contributed by atoms with Crippen molar-refractivity contribution < 1.29 is 4.74 Å². The van der Waals surface area contributed by atoms with Gasteiger partial charge in [0.05, 0.1) is 11.2 Å². The summed E-state index contributed by atoms with van der Waals surface area (Å²) < 4.78 is 6.23. The van der Waals surface area contributed by atoms with E-state index in [1.807, 2.05) is 0 Å². The minimum Gasteiger partial charge on any atom is -0.370 e. The Morgan fingerprint density at radius 1 is 0.733 bits per heavy atom. The number of rotatable bonds is 8. The van der Waals surface area contributed by atoms with Crippen LogP contribution in [0.15, 0.2) is 0 Å². The molecule has 0 aromatic heterocycles. The van der Waals surface area contributed by atoms with Crippen molar-refractivity contribution >= 4 is 0 Å². The average Bonchev–Trinajstić information content (AvgIpc) is 2.10. The zero-order valence-electron chi connectivity index (χ0n) is 11.7. The molecule has 0 bridgehead atoms. The summed E-state index contributed by atoms with van der Waals surface area (Å²) in [5.74, 6) is 0. The van der Waals surface area contributed by atoms with Gasteiger partial charge in [-0.05, 0) is 40.5 Å². The summed E-state index contributed by atoms with van der Waals surface area (Å²) in [5, 5.41) is 0. The quantitative estimate of drug-likeness (QED) is 0.556. The van der Waals surface area contributed by atoms with E-state index >= 15 is 0 Å². The van der Waals surface area contributed by atoms with E-state index in [1.54, 1.807) is 0 Å². The van der Waals surface area contributed by atoms with E-state index in [1.165, 1.54) is 38.5 Å². The van der Waals surface area contributed by atoms with Crippen LogP contribution in [0.3, 0.4) is 0 Å². The summed E-state index contributed by atoms with van der Waals surface area (Å²) in [7, 11) is 0. The van der Waals surface area contributed by atoms with Crippen molar-refractivity contribution in [3.05, 3.63) is 0 Å². The fraction of sp³-hybridized carbons (Fsp3) is 1.00. The van der Waals surface area contributed by atoms with Crippen LogP contribution in [0.2, 0.25) is 0 Å². The predicted octanol–water partition coefficient (Wildman–Crippen LogP) is 4.94. The fourth-order valence-electron chi connectivity index (χ4n) is 2.06. The summed E-state index contributed by atoms with van der Waals surface area (Å²) in [4.78, 5) is 0. The molecule has 0 aliphatic heterocycles. The van der Waals surface area contributed by atoms with Gasteiger partial charge in [-0.25, -0.2) is 0 Å². The van der Waals surface area contributed by atoms with Gasteiger partial charge in [0.1, 0.15) is 0 Å². The van der Waals surface area contributed by atoms with Crippen molar-refractivity contribution in [2.24, 2.45) is 0 Å². The van der Waals surface area contributed by atoms with Gasteiger partial charge >= 0.3 is 0 Å². The Morgan fingerprint density at radius 2 is 1.07 bits per heavy atom. The van der Waals surface area contributed by atoms with E-state index in [-0.39, 0.29) is 11.2 Å². The van der Waals surface area contributed by atoms with Gasteiger partial charge in [-0.1, -0.05) is 39.5 Å². The number of unbranched alkanes of at least 4 members (excludes halogenated alkanes) is 2. The second-order valence-corrected chi connectivity index (χ2v) is 5.83. The first-order valence-corrected chi connectivity index (χ1v) is 6.53. The van der Waals surface area contributed by atoms with Crippen molar-refractivity contribution in [2.75, 3.05) is 0 Å². The smallest absolute Gasteiger partial charge is 0.0633 e. The summed E-state index contributed by atoms with van der Waals surface area (Å²) in [6, 6.07) is 0. The molecule has 15 heavy (non-hydrogen) atoms. The van der Waals surface area contributed by atoms with Crippen LogP contribution in [0.5, 0.6) is 0 Å². The molecule has 0 spiro atoms. The highest BCUT2D eigenvalue weighted by atomic mass is 16.5. The molecule has 0 aromatic rings. The molecule has 0 saturated heterocycles. The largest absolute Gasteiger partial charge is 0.370 e. The maximum Gasteiger partial charge on any atom is 0.0633 e. The molecule has 0 N–H and O–H groups in total. The van der Waals surface area contributed by atoms with Crippen molar-refractivity contribution in [1.82, 2.24) is 0 Å². The van der Waals surface area contributed by atoms with E-state index in [9.17, 15) is 0 Å². The van der Waals surface area contributed by atoms with Crippen LogP contribution in [0.25, 0.3) is 0 Å². The monoisotopic (exact) mass is 214 g/mol. The second-order valence-electron chi connectivity index (χ2n) is 5.83. The van der Waals surface area contributed by atoms with Crippen molar-refractivity contribution in [1.29, 1.82) is 0 Å². The van der Waals surface area contributed by atoms with Crippen LogP contribution < -0.4 is 0 Å². The highest BCUT2D eigenvalue weighted by Gasteiger charge is 2.27. The summed E-state index contributed by atoms with van der Waals surface area (Å²) >= 11 is 0. The molecule has 0 radical (unpaired) electrons. The summed E-state index contributed by atoms with van der Waals surface area (Å²) in [6.07, 6.45) is 7.36. The Balaban J connectivity index is 4.04. The fourth-order valence-corrected chi connectivity index (χ4v) is 2.06. The molecule has 92 valence electrons. The zero-order valence-corrected chi connectivity index (χ0v) is 11.7. The number of hydrogen-bond donors (Lipinski definition) is 0. The molecule has 0 rings (SSSR count). The molecule has 0 aliphatic carbocycles. The SMILES string of the molecule is CCCCC(C)(C)OC(C)(C)CCCC. The van der Waals surface area contributed by atoms with Crippen LogP contribution in [0.4, 0.5) is 0 Å². The maximum absolute atomic E-state index is 6.23. The Hall–Kier alpha value is -0.0400. The molecule has 1 nitrogen and oxygen atoms in total. The van der Waals surface area contributed by atoms with Crippen LogP contribution in [-0.2, 0) is 4.74 Å². The normalized spacial score (nSPS) is 13.2. The number of ether oxygens (including phenoxy) is 1. The lowest BCUT2D eigenvalue weighted by Crippen LogP contribution is -2.37. The molecule has 0 unspecified atom stereocenters. The molecule has 0 fully saturated rings. The lowest BCUT2D eigenvalue weighted by atomic mass is 9.96. The summed E-state index contributed by atoms with van der Waals surface area (Å²) in [6.45, 7) is 13.3. The third-order valence-electron chi connectivity index (χ3n) is 2.82. The van der Waals surface area contributed by atoms with E-state index in [0.29, 0.717) is 0 Å². The predicted molar refractivity (Wildman–Crippen MR) is 68.3 cm³/mol. The molecular weight excluding hydrogens is 184 g/mol. The Labute approximate surface area is 96.6 Å². The maximum atomic E-state index is 6.23. The van der Waals surface area contributed by atoms with Gasteiger partial charge in [-0.15, -0.1) is 0 Å². The van der Waals surface area contributed by atoms with Gasteiger partial charge in [0.2, 0.25) is 0 Å². The van der Waals surface area contributed by atoms with Crippen molar-refractivity contribution in [3.63, 3.8) is 0 Å². The average molecular weight is 214 g/mol. The highest BCUT2D eigenvalue weighted by Crippen LogP contribution is 2.28.